The molecule has 0 amide bonds. The van der Waals surface area contributed by atoms with Crippen LogP contribution < -0.4 is 9.47 Å². The molecule has 6 heteroatoms. The summed E-state index contributed by atoms with van der Waals surface area (Å²) < 4.78 is 34.5. The van der Waals surface area contributed by atoms with Crippen molar-refractivity contribution in [2.24, 2.45) is 0 Å². The highest BCUT2D eigenvalue weighted by molar-refractivity contribution is 5.81. The van der Waals surface area contributed by atoms with Crippen LogP contribution in [0.15, 0.2) is 6.07 Å². The Morgan fingerprint density at radius 1 is 1.40 bits per heavy atom. The van der Waals surface area contributed by atoms with Crippen molar-refractivity contribution in [1.82, 2.24) is 4.98 Å². The molecule has 0 saturated heterocycles. The minimum atomic E-state index is -2.78. The quantitative estimate of drug-likeness (QED) is 0.722. The number of pyridine rings is 1. The van der Waals surface area contributed by atoms with Gasteiger partial charge >= 0.3 is 0 Å². The third kappa shape index (κ3) is 2.20. The van der Waals surface area contributed by atoms with Gasteiger partial charge in [-0.3, -0.25) is 4.79 Å². The summed E-state index contributed by atoms with van der Waals surface area (Å²) in [4.78, 5) is 14.3. The Bertz CT molecular complexity index is 369. The number of hydrogen-bond acceptors (Lipinski definition) is 4. The van der Waals surface area contributed by atoms with E-state index in [1.54, 1.807) is 0 Å². The van der Waals surface area contributed by atoms with E-state index in [4.69, 9.17) is 9.47 Å². The Labute approximate surface area is 84.8 Å². The Morgan fingerprint density at radius 3 is 2.47 bits per heavy atom. The van der Waals surface area contributed by atoms with Gasteiger partial charge < -0.3 is 9.47 Å². The molecule has 0 unspecified atom stereocenters. The molecule has 0 fully saturated rings. The van der Waals surface area contributed by atoms with Crippen molar-refractivity contribution in [3.05, 3.63) is 17.2 Å². The molecular formula is C9H9F2NO3. The van der Waals surface area contributed by atoms with Gasteiger partial charge in [0.1, 0.15) is 0 Å². The Kier molecular flexibility index (Phi) is 3.54. The molecule has 1 rings (SSSR count). The highest BCUT2D eigenvalue weighted by Gasteiger charge is 2.19. The summed E-state index contributed by atoms with van der Waals surface area (Å²) >= 11 is 0. The second-order valence-electron chi connectivity index (χ2n) is 2.60. The van der Waals surface area contributed by atoms with Gasteiger partial charge in [0, 0.05) is 11.6 Å². The first-order valence-electron chi connectivity index (χ1n) is 4.00. The minimum absolute atomic E-state index is 0.0206. The lowest BCUT2D eigenvalue weighted by atomic mass is 10.1. The molecule has 0 aliphatic rings. The molecule has 0 atom stereocenters. The molecule has 0 aromatic carbocycles. The number of alkyl halides is 2. The summed E-state index contributed by atoms with van der Waals surface area (Å²) in [6.45, 7) is 0. The van der Waals surface area contributed by atoms with Gasteiger partial charge in [0.2, 0.25) is 11.8 Å². The number of aromatic nitrogens is 1. The van der Waals surface area contributed by atoms with Crippen molar-refractivity contribution < 1.29 is 23.0 Å². The van der Waals surface area contributed by atoms with Crippen LogP contribution in [0.1, 0.15) is 22.3 Å². The lowest BCUT2D eigenvalue weighted by Crippen LogP contribution is -2.02. The number of ether oxygens (including phenoxy) is 2. The van der Waals surface area contributed by atoms with Gasteiger partial charge in [0.05, 0.1) is 19.8 Å². The predicted molar refractivity (Wildman–Crippen MR) is 47.7 cm³/mol. The van der Waals surface area contributed by atoms with Crippen molar-refractivity contribution in [2.75, 3.05) is 14.2 Å². The van der Waals surface area contributed by atoms with E-state index in [2.05, 4.69) is 4.98 Å². The topological polar surface area (TPSA) is 48.4 Å². The number of carbonyl (C=O) groups is 1. The molecule has 0 spiro atoms. The summed E-state index contributed by atoms with van der Waals surface area (Å²) in [5, 5.41) is 0. The maximum absolute atomic E-state index is 12.5. The number of methoxy groups -OCH3 is 2. The SMILES string of the molecule is COc1cc(C(F)F)c(C=O)c(OC)n1. The maximum Gasteiger partial charge on any atom is 0.264 e. The van der Waals surface area contributed by atoms with E-state index in [-0.39, 0.29) is 23.6 Å². The zero-order valence-electron chi connectivity index (χ0n) is 8.16. The first-order chi connectivity index (χ1) is 7.13. The number of aldehydes is 1. The highest BCUT2D eigenvalue weighted by atomic mass is 19.3. The third-order valence-electron chi connectivity index (χ3n) is 1.79. The molecule has 1 aromatic rings. The standard InChI is InChI=1S/C9H9F2NO3/c1-14-7-3-5(8(10)11)6(4-13)9(12-7)15-2/h3-4,8H,1-2H3. The van der Waals surface area contributed by atoms with Crippen molar-refractivity contribution in [3.8, 4) is 11.8 Å². The summed E-state index contributed by atoms with van der Waals surface area (Å²) in [5.41, 5.74) is -0.706. The van der Waals surface area contributed by atoms with E-state index < -0.39 is 12.0 Å². The zero-order valence-corrected chi connectivity index (χ0v) is 8.16. The van der Waals surface area contributed by atoms with E-state index >= 15 is 0 Å². The molecule has 15 heavy (non-hydrogen) atoms. The van der Waals surface area contributed by atoms with Crippen LogP contribution in [0.2, 0.25) is 0 Å². The van der Waals surface area contributed by atoms with Crippen LogP contribution in [0.4, 0.5) is 8.78 Å². The molecule has 0 radical (unpaired) electrons. The molecule has 1 heterocycles. The molecule has 0 bridgehead atoms. The van der Waals surface area contributed by atoms with Gasteiger partial charge in [-0.2, -0.15) is 4.98 Å². The number of nitrogens with zero attached hydrogens (tertiary/aromatic N) is 1. The molecule has 1 aromatic heterocycles. The number of halogens is 2. The van der Waals surface area contributed by atoms with Crippen molar-refractivity contribution >= 4 is 6.29 Å². The van der Waals surface area contributed by atoms with Crippen LogP contribution in [0.25, 0.3) is 0 Å². The maximum atomic E-state index is 12.5. The Balaban J connectivity index is 3.38. The molecule has 82 valence electrons. The zero-order chi connectivity index (χ0) is 11.4. The first kappa shape index (κ1) is 11.4. The van der Waals surface area contributed by atoms with Gasteiger partial charge in [0.25, 0.3) is 6.43 Å². The van der Waals surface area contributed by atoms with E-state index in [1.165, 1.54) is 14.2 Å². The number of hydrogen-bond donors (Lipinski definition) is 0. The predicted octanol–water partition coefficient (Wildman–Crippen LogP) is 1.85. The van der Waals surface area contributed by atoms with Crippen molar-refractivity contribution in [3.63, 3.8) is 0 Å². The van der Waals surface area contributed by atoms with Crippen LogP contribution in [-0.2, 0) is 0 Å². The van der Waals surface area contributed by atoms with Gasteiger partial charge in [-0.1, -0.05) is 0 Å². The summed E-state index contributed by atoms with van der Waals surface area (Å²) in [6.07, 6.45) is -2.50. The molecule has 0 aliphatic heterocycles. The van der Waals surface area contributed by atoms with E-state index in [9.17, 15) is 13.6 Å². The summed E-state index contributed by atoms with van der Waals surface area (Å²) in [5.74, 6) is -0.188. The van der Waals surface area contributed by atoms with Gasteiger partial charge in [-0.25, -0.2) is 8.78 Å². The minimum Gasteiger partial charge on any atom is -0.481 e. The van der Waals surface area contributed by atoms with E-state index in [0.29, 0.717) is 0 Å². The molecule has 0 aliphatic carbocycles. The summed E-state index contributed by atoms with van der Waals surface area (Å²) in [6, 6.07) is 1.01. The van der Waals surface area contributed by atoms with Gasteiger partial charge in [-0.15, -0.1) is 0 Å². The fourth-order valence-electron chi connectivity index (χ4n) is 1.09. The fourth-order valence-corrected chi connectivity index (χ4v) is 1.09. The largest absolute Gasteiger partial charge is 0.481 e. The second-order valence-corrected chi connectivity index (χ2v) is 2.60. The number of rotatable bonds is 4. The van der Waals surface area contributed by atoms with Crippen LogP contribution >= 0.6 is 0 Å². The highest BCUT2D eigenvalue weighted by Crippen LogP contribution is 2.30. The molecule has 0 saturated carbocycles. The Morgan fingerprint density at radius 2 is 2.07 bits per heavy atom. The fraction of sp³-hybridized carbons (Fsp3) is 0.333. The lowest BCUT2D eigenvalue weighted by molar-refractivity contribution is 0.110. The van der Waals surface area contributed by atoms with E-state index in [0.717, 1.165) is 6.07 Å². The van der Waals surface area contributed by atoms with Crippen molar-refractivity contribution in [1.29, 1.82) is 0 Å². The lowest BCUT2D eigenvalue weighted by Gasteiger charge is -2.09. The molecule has 0 N–H and O–H groups in total. The van der Waals surface area contributed by atoms with Crippen LogP contribution in [0, 0.1) is 0 Å². The smallest absolute Gasteiger partial charge is 0.264 e. The average Bonchev–Trinajstić information content (AvgIpc) is 2.26. The van der Waals surface area contributed by atoms with Gasteiger partial charge in [0.15, 0.2) is 6.29 Å². The monoisotopic (exact) mass is 217 g/mol. The Hall–Kier alpha value is -1.72. The number of carbonyl (C=O) groups excluding carboxylic acids is 1. The third-order valence-corrected chi connectivity index (χ3v) is 1.79. The normalized spacial score (nSPS) is 10.2. The van der Waals surface area contributed by atoms with Crippen molar-refractivity contribution in [2.45, 2.75) is 6.43 Å². The van der Waals surface area contributed by atoms with Crippen LogP contribution in [-0.4, -0.2) is 25.5 Å². The van der Waals surface area contributed by atoms with Crippen LogP contribution in [0.3, 0.4) is 0 Å². The second kappa shape index (κ2) is 4.68. The average molecular weight is 217 g/mol. The first-order valence-corrected chi connectivity index (χ1v) is 4.00. The molecular weight excluding hydrogens is 208 g/mol. The van der Waals surface area contributed by atoms with Gasteiger partial charge in [-0.05, 0) is 0 Å². The van der Waals surface area contributed by atoms with E-state index in [1.807, 2.05) is 0 Å². The van der Waals surface area contributed by atoms with Crippen LogP contribution in [0.5, 0.6) is 11.8 Å². The summed E-state index contributed by atoms with van der Waals surface area (Å²) in [7, 11) is 2.53. The molecule has 4 nitrogen and oxygen atoms in total.